The van der Waals surface area contributed by atoms with Crippen LogP contribution in [-0.2, 0) is 6.42 Å². The molecule has 0 spiro atoms. The molecule has 0 saturated carbocycles. The standard InChI is InChI=1S/C20H27ClN2O2/c1-20(2)7-6-12-8-13(21)9-17(18(12)25-20)19(24)22-14-10-15-4-5-16(11-14)23(15)3/h8-9,14-16H,4-7,10-11H2,1-3H3,(H,22,24). The Morgan fingerprint density at radius 1 is 1.28 bits per heavy atom. The minimum Gasteiger partial charge on any atom is -0.487 e. The highest BCUT2D eigenvalue weighted by molar-refractivity contribution is 6.31. The molecule has 1 amide bonds. The van der Waals surface area contributed by atoms with E-state index in [1.54, 1.807) is 6.07 Å². The number of aryl methyl sites for hydroxylation is 1. The van der Waals surface area contributed by atoms with Crippen molar-refractivity contribution in [3.8, 4) is 5.75 Å². The van der Waals surface area contributed by atoms with E-state index in [-0.39, 0.29) is 17.6 Å². The van der Waals surface area contributed by atoms with Gasteiger partial charge in [0.05, 0.1) is 5.56 Å². The molecule has 4 rings (SSSR count). The predicted octanol–water partition coefficient (Wildman–Crippen LogP) is 3.80. The fraction of sp³-hybridized carbons (Fsp3) is 0.650. The lowest BCUT2D eigenvalue weighted by Crippen LogP contribution is -2.48. The van der Waals surface area contributed by atoms with Crippen LogP contribution in [0.4, 0.5) is 0 Å². The minimum absolute atomic E-state index is 0.0506. The largest absolute Gasteiger partial charge is 0.487 e. The number of carbonyl (C=O) groups excluding carboxylic acids is 1. The zero-order chi connectivity index (χ0) is 17.8. The van der Waals surface area contributed by atoms with Crippen molar-refractivity contribution < 1.29 is 9.53 Å². The molecule has 3 aliphatic rings. The van der Waals surface area contributed by atoms with Gasteiger partial charge in [-0.25, -0.2) is 0 Å². The molecule has 3 aliphatic heterocycles. The fourth-order valence-electron chi connectivity index (χ4n) is 4.68. The molecule has 2 unspecified atom stereocenters. The summed E-state index contributed by atoms with van der Waals surface area (Å²) in [7, 11) is 2.21. The van der Waals surface area contributed by atoms with Crippen LogP contribution in [0.1, 0.15) is 61.9 Å². The number of hydrogen-bond acceptors (Lipinski definition) is 3. The van der Waals surface area contributed by atoms with Gasteiger partial charge in [0.1, 0.15) is 11.4 Å². The summed E-state index contributed by atoms with van der Waals surface area (Å²) >= 11 is 6.27. The maximum atomic E-state index is 13.0. The van der Waals surface area contributed by atoms with Crippen LogP contribution in [0.3, 0.4) is 0 Å². The summed E-state index contributed by atoms with van der Waals surface area (Å²) in [6.07, 6.45) is 6.39. The Hall–Kier alpha value is -1.26. The molecule has 25 heavy (non-hydrogen) atoms. The van der Waals surface area contributed by atoms with E-state index < -0.39 is 0 Å². The van der Waals surface area contributed by atoms with Gasteiger partial charge in [-0.3, -0.25) is 4.79 Å². The molecule has 4 nitrogen and oxygen atoms in total. The predicted molar refractivity (Wildman–Crippen MR) is 99.5 cm³/mol. The van der Waals surface area contributed by atoms with Crippen LogP contribution >= 0.6 is 11.6 Å². The quantitative estimate of drug-likeness (QED) is 0.870. The number of ether oxygens (including phenoxy) is 1. The lowest BCUT2D eigenvalue weighted by Gasteiger charge is -2.37. The molecule has 1 aromatic carbocycles. The van der Waals surface area contributed by atoms with E-state index in [0.717, 1.165) is 31.2 Å². The zero-order valence-corrected chi connectivity index (χ0v) is 16.0. The van der Waals surface area contributed by atoms with Crippen molar-refractivity contribution in [1.82, 2.24) is 10.2 Å². The van der Waals surface area contributed by atoms with E-state index in [1.165, 1.54) is 12.8 Å². The van der Waals surface area contributed by atoms with E-state index in [1.807, 2.05) is 6.07 Å². The van der Waals surface area contributed by atoms with Crippen LogP contribution in [0.25, 0.3) is 0 Å². The van der Waals surface area contributed by atoms with E-state index in [0.29, 0.717) is 28.4 Å². The van der Waals surface area contributed by atoms with Crippen LogP contribution < -0.4 is 10.1 Å². The SMILES string of the molecule is CN1C2CCC1CC(NC(=O)c1cc(Cl)cc3c1OC(C)(C)CC3)C2. The van der Waals surface area contributed by atoms with Gasteiger partial charge < -0.3 is 15.0 Å². The molecule has 3 heterocycles. The Balaban J connectivity index is 1.56. The second-order valence-electron chi connectivity index (χ2n) is 8.50. The average molecular weight is 363 g/mol. The first-order chi connectivity index (χ1) is 11.8. The maximum Gasteiger partial charge on any atom is 0.255 e. The molecule has 0 radical (unpaired) electrons. The number of nitrogens with one attached hydrogen (secondary N) is 1. The molecule has 1 N–H and O–H groups in total. The van der Waals surface area contributed by atoms with Crippen LogP contribution in [0.5, 0.6) is 5.75 Å². The van der Waals surface area contributed by atoms with Crippen LogP contribution in [-0.4, -0.2) is 41.6 Å². The van der Waals surface area contributed by atoms with Crippen molar-refractivity contribution in [2.24, 2.45) is 0 Å². The lowest BCUT2D eigenvalue weighted by molar-refractivity contribution is 0.0773. The number of carbonyl (C=O) groups is 1. The van der Waals surface area contributed by atoms with Crippen LogP contribution in [0, 0.1) is 0 Å². The number of fused-ring (bicyclic) bond motifs is 3. The summed E-state index contributed by atoms with van der Waals surface area (Å²) in [5.74, 6) is 0.666. The molecule has 2 bridgehead atoms. The van der Waals surface area contributed by atoms with Gasteiger partial charge in [0.25, 0.3) is 5.91 Å². The maximum absolute atomic E-state index is 13.0. The Morgan fingerprint density at radius 3 is 2.64 bits per heavy atom. The topological polar surface area (TPSA) is 41.6 Å². The third kappa shape index (κ3) is 3.26. The van der Waals surface area contributed by atoms with Crippen molar-refractivity contribution in [3.63, 3.8) is 0 Å². The van der Waals surface area contributed by atoms with Gasteiger partial charge in [0.2, 0.25) is 0 Å². The molecule has 5 heteroatoms. The summed E-state index contributed by atoms with van der Waals surface area (Å²) in [5.41, 5.74) is 1.38. The lowest BCUT2D eigenvalue weighted by atomic mass is 9.92. The van der Waals surface area contributed by atoms with Gasteiger partial charge in [-0.05, 0) is 77.1 Å². The van der Waals surface area contributed by atoms with Crippen LogP contribution in [0.15, 0.2) is 12.1 Å². The van der Waals surface area contributed by atoms with Crippen molar-refractivity contribution >= 4 is 17.5 Å². The first-order valence-corrected chi connectivity index (χ1v) is 9.74. The van der Waals surface area contributed by atoms with Gasteiger partial charge in [0, 0.05) is 23.1 Å². The normalized spacial score (nSPS) is 30.5. The number of nitrogens with zero attached hydrogens (tertiary/aromatic N) is 1. The molecular weight excluding hydrogens is 336 g/mol. The molecule has 1 aromatic rings. The van der Waals surface area contributed by atoms with E-state index >= 15 is 0 Å². The highest BCUT2D eigenvalue weighted by Crippen LogP contribution is 2.38. The molecular formula is C20H27ClN2O2. The van der Waals surface area contributed by atoms with E-state index in [4.69, 9.17) is 16.3 Å². The third-order valence-electron chi connectivity index (χ3n) is 6.18. The van der Waals surface area contributed by atoms with Crippen LogP contribution in [0.2, 0.25) is 5.02 Å². The summed E-state index contributed by atoms with van der Waals surface area (Å²) in [5, 5.41) is 3.86. The Labute approximate surface area is 154 Å². The summed E-state index contributed by atoms with van der Waals surface area (Å²) < 4.78 is 6.16. The molecule has 0 aliphatic carbocycles. The molecule has 0 aromatic heterocycles. The van der Waals surface area contributed by atoms with Gasteiger partial charge in [-0.15, -0.1) is 0 Å². The molecule has 136 valence electrons. The highest BCUT2D eigenvalue weighted by Gasteiger charge is 2.39. The Bertz CT molecular complexity index is 689. The summed E-state index contributed by atoms with van der Waals surface area (Å²) in [6, 6.07) is 5.13. The number of rotatable bonds is 2. The minimum atomic E-state index is -0.248. The van der Waals surface area contributed by atoms with Gasteiger partial charge in [-0.1, -0.05) is 11.6 Å². The van der Waals surface area contributed by atoms with Crippen molar-refractivity contribution in [2.45, 2.75) is 76.1 Å². The number of halogens is 1. The molecule has 2 atom stereocenters. The van der Waals surface area contributed by atoms with Gasteiger partial charge >= 0.3 is 0 Å². The number of hydrogen-bond donors (Lipinski definition) is 1. The number of piperidine rings is 1. The number of amides is 1. The fourth-order valence-corrected chi connectivity index (χ4v) is 4.92. The van der Waals surface area contributed by atoms with Crippen molar-refractivity contribution in [3.05, 3.63) is 28.3 Å². The van der Waals surface area contributed by atoms with E-state index in [2.05, 4.69) is 31.1 Å². The van der Waals surface area contributed by atoms with Crippen molar-refractivity contribution in [2.75, 3.05) is 7.05 Å². The average Bonchev–Trinajstić information content (AvgIpc) is 2.76. The van der Waals surface area contributed by atoms with Gasteiger partial charge in [0.15, 0.2) is 0 Å². The Kier molecular flexibility index (Phi) is 4.24. The second-order valence-corrected chi connectivity index (χ2v) is 8.93. The monoisotopic (exact) mass is 362 g/mol. The first-order valence-electron chi connectivity index (χ1n) is 9.36. The summed E-state index contributed by atoms with van der Waals surface area (Å²) in [4.78, 5) is 15.5. The first kappa shape index (κ1) is 17.2. The number of benzene rings is 1. The Morgan fingerprint density at radius 2 is 1.96 bits per heavy atom. The van der Waals surface area contributed by atoms with Crippen molar-refractivity contribution in [1.29, 1.82) is 0 Å². The highest BCUT2D eigenvalue weighted by atomic mass is 35.5. The summed E-state index contributed by atoms with van der Waals surface area (Å²) in [6.45, 7) is 4.14. The third-order valence-corrected chi connectivity index (χ3v) is 6.40. The molecule has 2 fully saturated rings. The van der Waals surface area contributed by atoms with E-state index in [9.17, 15) is 4.79 Å². The van der Waals surface area contributed by atoms with Gasteiger partial charge in [-0.2, -0.15) is 0 Å². The zero-order valence-electron chi connectivity index (χ0n) is 15.3. The second kappa shape index (κ2) is 6.17. The molecule has 2 saturated heterocycles. The smallest absolute Gasteiger partial charge is 0.255 e.